The summed E-state index contributed by atoms with van der Waals surface area (Å²) in [5.41, 5.74) is 4.11. The van der Waals surface area contributed by atoms with Crippen molar-refractivity contribution in [1.29, 1.82) is 0 Å². The number of benzene rings is 2. The zero-order valence-corrected chi connectivity index (χ0v) is 14.7. The zero-order valence-electron chi connectivity index (χ0n) is 13.2. The van der Waals surface area contributed by atoms with Gasteiger partial charge < -0.3 is 10.6 Å². The van der Waals surface area contributed by atoms with Crippen LogP contribution in [0.5, 0.6) is 0 Å². The first-order valence-electron chi connectivity index (χ1n) is 7.36. The Morgan fingerprint density at radius 3 is 2.43 bits per heavy atom. The van der Waals surface area contributed by atoms with Crippen LogP contribution in [0.4, 0.5) is 5.69 Å². The zero-order chi connectivity index (χ0) is 16.8. The van der Waals surface area contributed by atoms with Crippen LogP contribution in [0.15, 0.2) is 42.5 Å². The van der Waals surface area contributed by atoms with E-state index in [0.29, 0.717) is 23.0 Å². The van der Waals surface area contributed by atoms with Gasteiger partial charge in [0.15, 0.2) is 5.11 Å². The highest BCUT2D eigenvalue weighted by Gasteiger charge is 2.07. The Morgan fingerprint density at radius 2 is 1.78 bits per heavy atom. The Balaban J connectivity index is 1.85. The van der Waals surface area contributed by atoms with Crippen LogP contribution < -0.4 is 10.6 Å². The van der Waals surface area contributed by atoms with Gasteiger partial charge in [-0.15, -0.1) is 0 Å². The topological polar surface area (TPSA) is 41.1 Å². The molecule has 2 aromatic carbocycles. The summed E-state index contributed by atoms with van der Waals surface area (Å²) in [6, 6.07) is 13.6. The first-order chi connectivity index (χ1) is 10.9. The van der Waals surface area contributed by atoms with Gasteiger partial charge in [-0.05, 0) is 67.4 Å². The predicted octanol–water partition coefficient (Wildman–Crippen LogP) is 4.40. The van der Waals surface area contributed by atoms with Crippen LogP contribution in [0.25, 0.3) is 0 Å². The number of amides is 1. The summed E-state index contributed by atoms with van der Waals surface area (Å²) in [6.07, 6.45) is 0.913. The molecular formula is C18H19ClN2OS. The average Bonchev–Trinajstić information content (AvgIpc) is 2.45. The maximum atomic E-state index is 12.0. The van der Waals surface area contributed by atoms with Crippen LogP contribution in [-0.4, -0.2) is 11.0 Å². The molecule has 5 heteroatoms. The number of hydrogen-bond donors (Lipinski definition) is 2. The SMILES string of the molecule is Cc1cc(C)cc(NC(=S)NC(=O)CCc2ccccc2Cl)c1. The van der Waals surface area contributed by atoms with Crippen molar-refractivity contribution in [3.05, 3.63) is 64.2 Å². The third kappa shape index (κ3) is 5.66. The summed E-state index contributed by atoms with van der Waals surface area (Å²) in [5.74, 6) is -0.133. The number of aryl methyl sites for hydroxylation is 3. The first kappa shape index (κ1) is 17.4. The van der Waals surface area contributed by atoms with E-state index in [-0.39, 0.29) is 5.91 Å². The molecule has 0 fully saturated rings. The van der Waals surface area contributed by atoms with Gasteiger partial charge >= 0.3 is 0 Å². The van der Waals surface area contributed by atoms with Gasteiger partial charge in [-0.3, -0.25) is 4.79 Å². The van der Waals surface area contributed by atoms with E-state index in [4.69, 9.17) is 23.8 Å². The minimum absolute atomic E-state index is 0.133. The quantitative estimate of drug-likeness (QED) is 0.806. The second-order valence-corrected chi connectivity index (χ2v) is 6.29. The highest BCUT2D eigenvalue weighted by molar-refractivity contribution is 7.80. The molecule has 2 rings (SSSR count). The monoisotopic (exact) mass is 346 g/mol. The summed E-state index contributed by atoms with van der Waals surface area (Å²) in [6.45, 7) is 4.03. The van der Waals surface area contributed by atoms with E-state index < -0.39 is 0 Å². The molecule has 0 saturated carbocycles. The molecule has 0 aromatic heterocycles. The van der Waals surface area contributed by atoms with E-state index in [1.165, 1.54) is 0 Å². The third-order valence-corrected chi connectivity index (χ3v) is 3.88. The fraction of sp³-hybridized carbons (Fsp3) is 0.222. The third-order valence-electron chi connectivity index (χ3n) is 3.31. The van der Waals surface area contributed by atoms with Crippen LogP contribution in [0.1, 0.15) is 23.1 Å². The van der Waals surface area contributed by atoms with Crippen LogP contribution in [0, 0.1) is 13.8 Å². The number of hydrogen-bond acceptors (Lipinski definition) is 2. The van der Waals surface area contributed by atoms with E-state index >= 15 is 0 Å². The molecule has 2 N–H and O–H groups in total. The van der Waals surface area contributed by atoms with Crippen molar-refractivity contribution in [2.24, 2.45) is 0 Å². The van der Waals surface area contributed by atoms with Crippen molar-refractivity contribution in [2.45, 2.75) is 26.7 Å². The Bertz CT molecular complexity index is 710. The molecule has 0 aliphatic rings. The Hall–Kier alpha value is -1.91. The number of halogens is 1. The molecule has 0 bridgehead atoms. The highest BCUT2D eigenvalue weighted by Crippen LogP contribution is 2.16. The van der Waals surface area contributed by atoms with Gasteiger partial charge in [0.1, 0.15) is 0 Å². The minimum Gasteiger partial charge on any atom is -0.332 e. The molecule has 0 aliphatic heterocycles. The molecule has 0 saturated heterocycles. The fourth-order valence-electron chi connectivity index (χ4n) is 2.35. The lowest BCUT2D eigenvalue weighted by atomic mass is 10.1. The number of carbonyl (C=O) groups excluding carboxylic acids is 1. The van der Waals surface area contributed by atoms with Crippen LogP contribution in [-0.2, 0) is 11.2 Å². The molecule has 0 heterocycles. The van der Waals surface area contributed by atoms with Crippen molar-refractivity contribution in [2.75, 3.05) is 5.32 Å². The van der Waals surface area contributed by atoms with E-state index in [9.17, 15) is 4.79 Å². The van der Waals surface area contributed by atoms with Crippen molar-refractivity contribution < 1.29 is 4.79 Å². The average molecular weight is 347 g/mol. The standard InChI is InChI=1S/C18H19ClN2OS/c1-12-9-13(2)11-15(10-12)20-18(23)21-17(22)8-7-14-5-3-4-6-16(14)19/h3-6,9-11H,7-8H2,1-2H3,(H2,20,21,22,23). The van der Waals surface area contributed by atoms with Crippen LogP contribution in [0.3, 0.4) is 0 Å². The van der Waals surface area contributed by atoms with E-state index in [2.05, 4.69) is 16.7 Å². The van der Waals surface area contributed by atoms with Gasteiger partial charge in [0.05, 0.1) is 0 Å². The van der Waals surface area contributed by atoms with Crippen molar-refractivity contribution >= 4 is 40.5 Å². The molecule has 0 unspecified atom stereocenters. The highest BCUT2D eigenvalue weighted by atomic mass is 35.5. The largest absolute Gasteiger partial charge is 0.332 e. The molecule has 120 valence electrons. The van der Waals surface area contributed by atoms with Crippen molar-refractivity contribution in [1.82, 2.24) is 5.32 Å². The normalized spacial score (nSPS) is 10.2. The fourth-order valence-corrected chi connectivity index (χ4v) is 2.81. The second kappa shape index (κ2) is 8.09. The minimum atomic E-state index is -0.133. The lowest BCUT2D eigenvalue weighted by molar-refractivity contribution is -0.119. The van der Waals surface area contributed by atoms with Crippen LogP contribution >= 0.6 is 23.8 Å². The molecule has 0 spiro atoms. The Morgan fingerprint density at radius 1 is 1.13 bits per heavy atom. The summed E-state index contributed by atoms with van der Waals surface area (Å²) in [7, 11) is 0. The van der Waals surface area contributed by atoms with E-state index in [0.717, 1.165) is 22.4 Å². The molecule has 0 radical (unpaired) electrons. The molecule has 3 nitrogen and oxygen atoms in total. The lowest BCUT2D eigenvalue weighted by Crippen LogP contribution is -2.34. The summed E-state index contributed by atoms with van der Waals surface area (Å²) >= 11 is 11.3. The maximum Gasteiger partial charge on any atom is 0.226 e. The van der Waals surface area contributed by atoms with Crippen molar-refractivity contribution in [3.8, 4) is 0 Å². The number of carbonyl (C=O) groups is 1. The van der Waals surface area contributed by atoms with Crippen molar-refractivity contribution in [3.63, 3.8) is 0 Å². The van der Waals surface area contributed by atoms with E-state index in [1.54, 1.807) is 0 Å². The van der Waals surface area contributed by atoms with Crippen LogP contribution in [0.2, 0.25) is 5.02 Å². The molecule has 23 heavy (non-hydrogen) atoms. The lowest BCUT2D eigenvalue weighted by Gasteiger charge is -2.11. The predicted molar refractivity (Wildman–Crippen MR) is 100 cm³/mol. The molecule has 2 aromatic rings. The molecule has 0 aliphatic carbocycles. The smallest absolute Gasteiger partial charge is 0.226 e. The molecular weight excluding hydrogens is 328 g/mol. The summed E-state index contributed by atoms with van der Waals surface area (Å²) in [5, 5.41) is 6.71. The van der Waals surface area contributed by atoms with Gasteiger partial charge in [0.2, 0.25) is 5.91 Å². The van der Waals surface area contributed by atoms with Gasteiger partial charge in [-0.1, -0.05) is 35.9 Å². The Labute approximate surface area is 147 Å². The van der Waals surface area contributed by atoms with Gasteiger partial charge in [-0.2, -0.15) is 0 Å². The number of nitrogens with one attached hydrogen (secondary N) is 2. The molecule has 1 amide bonds. The summed E-state index contributed by atoms with van der Waals surface area (Å²) in [4.78, 5) is 12.0. The number of anilines is 1. The number of thiocarbonyl (C=S) groups is 1. The molecule has 0 atom stereocenters. The number of rotatable bonds is 4. The van der Waals surface area contributed by atoms with Gasteiger partial charge in [-0.25, -0.2) is 0 Å². The van der Waals surface area contributed by atoms with Gasteiger partial charge in [0, 0.05) is 17.1 Å². The van der Waals surface area contributed by atoms with Gasteiger partial charge in [0.25, 0.3) is 0 Å². The maximum absolute atomic E-state index is 12.0. The summed E-state index contributed by atoms with van der Waals surface area (Å²) < 4.78 is 0. The van der Waals surface area contributed by atoms with E-state index in [1.807, 2.05) is 50.2 Å². The Kier molecular flexibility index (Phi) is 6.13. The first-order valence-corrected chi connectivity index (χ1v) is 8.15. The second-order valence-electron chi connectivity index (χ2n) is 5.47.